The van der Waals surface area contributed by atoms with E-state index in [2.05, 4.69) is 51.3 Å². The maximum Gasteiger partial charge on any atom is 0.232 e. The lowest BCUT2D eigenvalue weighted by Gasteiger charge is -2.38. The molecule has 7 nitrogen and oxygen atoms in total. The number of anilines is 3. The van der Waals surface area contributed by atoms with E-state index in [1.165, 1.54) is 0 Å². The van der Waals surface area contributed by atoms with E-state index in [-0.39, 0.29) is 11.4 Å². The Hall–Kier alpha value is -1.63. The second-order valence-electron chi connectivity index (χ2n) is 6.12. The van der Waals surface area contributed by atoms with Crippen LogP contribution < -0.4 is 21.3 Å². The van der Waals surface area contributed by atoms with Crippen molar-refractivity contribution in [3.8, 4) is 0 Å². The molecule has 0 aliphatic carbocycles. The molecular weight excluding hydrogens is 242 g/mol. The van der Waals surface area contributed by atoms with Gasteiger partial charge in [0.2, 0.25) is 17.8 Å². The molecule has 1 fully saturated rings. The third-order valence-corrected chi connectivity index (χ3v) is 2.99. The summed E-state index contributed by atoms with van der Waals surface area (Å²) in [5.41, 5.74) is 5.90. The molecule has 0 amide bonds. The molecule has 2 rings (SSSR count). The Labute approximate surface area is 114 Å². The Morgan fingerprint density at radius 3 is 2.53 bits per heavy atom. The second-order valence-corrected chi connectivity index (χ2v) is 6.12. The summed E-state index contributed by atoms with van der Waals surface area (Å²) < 4.78 is 0. The van der Waals surface area contributed by atoms with Crippen LogP contribution in [0.2, 0.25) is 0 Å². The van der Waals surface area contributed by atoms with E-state index in [1.54, 1.807) is 0 Å². The molecule has 1 aromatic heterocycles. The van der Waals surface area contributed by atoms with Gasteiger partial charge in [0.05, 0.1) is 0 Å². The molecule has 2 heterocycles. The smallest absolute Gasteiger partial charge is 0.232 e. The van der Waals surface area contributed by atoms with E-state index in [0.717, 1.165) is 19.6 Å². The van der Waals surface area contributed by atoms with Crippen molar-refractivity contribution < 1.29 is 0 Å². The van der Waals surface area contributed by atoms with Crippen molar-refractivity contribution in [2.75, 3.05) is 42.6 Å². The van der Waals surface area contributed by atoms with Gasteiger partial charge in [-0.2, -0.15) is 15.0 Å². The van der Waals surface area contributed by atoms with E-state index in [1.807, 2.05) is 7.05 Å². The first-order valence-corrected chi connectivity index (χ1v) is 6.55. The number of rotatable bonds is 4. The summed E-state index contributed by atoms with van der Waals surface area (Å²) in [6, 6.07) is 0.504. The van der Waals surface area contributed by atoms with Gasteiger partial charge in [-0.1, -0.05) is 20.8 Å². The Morgan fingerprint density at radius 2 is 1.95 bits per heavy atom. The van der Waals surface area contributed by atoms with Gasteiger partial charge in [0.25, 0.3) is 0 Å². The SMILES string of the molecule is CNC1CN(c2nc(N)nc(NCC(C)(C)C)n2)C1. The predicted molar refractivity (Wildman–Crippen MR) is 77.2 cm³/mol. The second kappa shape index (κ2) is 5.16. The van der Waals surface area contributed by atoms with Crippen LogP contribution in [0.5, 0.6) is 0 Å². The van der Waals surface area contributed by atoms with Crippen LogP contribution in [-0.4, -0.2) is 47.7 Å². The van der Waals surface area contributed by atoms with E-state index >= 15 is 0 Å². The zero-order valence-corrected chi connectivity index (χ0v) is 12.1. The monoisotopic (exact) mass is 265 g/mol. The van der Waals surface area contributed by atoms with E-state index in [0.29, 0.717) is 17.9 Å². The molecule has 1 aliphatic rings. The fourth-order valence-electron chi connectivity index (χ4n) is 1.77. The number of nitrogens with zero attached hydrogens (tertiary/aromatic N) is 4. The van der Waals surface area contributed by atoms with Crippen LogP contribution in [-0.2, 0) is 0 Å². The molecule has 0 unspecified atom stereocenters. The quantitative estimate of drug-likeness (QED) is 0.722. The number of nitrogens with one attached hydrogen (secondary N) is 2. The van der Waals surface area contributed by atoms with Gasteiger partial charge < -0.3 is 21.3 Å². The van der Waals surface area contributed by atoms with Gasteiger partial charge in [0.15, 0.2) is 0 Å². The van der Waals surface area contributed by atoms with Crippen LogP contribution in [0, 0.1) is 5.41 Å². The first-order chi connectivity index (χ1) is 8.87. The molecule has 4 N–H and O–H groups in total. The Bertz CT molecular complexity index is 434. The van der Waals surface area contributed by atoms with Crippen LogP contribution in [0.15, 0.2) is 0 Å². The maximum absolute atomic E-state index is 5.74. The van der Waals surface area contributed by atoms with E-state index in [4.69, 9.17) is 5.73 Å². The first kappa shape index (κ1) is 13.8. The fraction of sp³-hybridized carbons (Fsp3) is 0.750. The predicted octanol–water partition coefficient (Wildman–Crippen LogP) is 0.320. The van der Waals surface area contributed by atoms with Crippen LogP contribution in [0.3, 0.4) is 0 Å². The average molecular weight is 265 g/mol. The molecule has 0 saturated carbocycles. The molecule has 7 heteroatoms. The Morgan fingerprint density at radius 1 is 1.26 bits per heavy atom. The zero-order chi connectivity index (χ0) is 14.0. The highest BCUT2D eigenvalue weighted by molar-refractivity contribution is 5.44. The molecule has 0 spiro atoms. The molecule has 0 aromatic carbocycles. The first-order valence-electron chi connectivity index (χ1n) is 6.55. The summed E-state index contributed by atoms with van der Waals surface area (Å²) in [4.78, 5) is 14.8. The van der Waals surface area contributed by atoms with Crippen molar-refractivity contribution in [3.05, 3.63) is 0 Å². The van der Waals surface area contributed by atoms with Gasteiger partial charge in [0, 0.05) is 25.7 Å². The molecule has 106 valence electrons. The summed E-state index contributed by atoms with van der Waals surface area (Å²) in [5.74, 6) is 1.45. The minimum atomic E-state index is 0.162. The number of nitrogens with two attached hydrogens (primary N) is 1. The van der Waals surface area contributed by atoms with E-state index in [9.17, 15) is 0 Å². The molecular formula is C12H23N7. The Kier molecular flexibility index (Phi) is 3.75. The van der Waals surface area contributed by atoms with Crippen LogP contribution in [0.25, 0.3) is 0 Å². The number of hydrogen-bond acceptors (Lipinski definition) is 7. The lowest BCUT2D eigenvalue weighted by atomic mass is 9.97. The molecule has 1 aliphatic heterocycles. The summed E-state index contributed by atoms with van der Waals surface area (Å²) in [6.07, 6.45) is 0. The van der Waals surface area contributed by atoms with Gasteiger partial charge in [-0.05, 0) is 12.5 Å². The van der Waals surface area contributed by atoms with Crippen LogP contribution >= 0.6 is 0 Å². The highest BCUT2D eigenvalue weighted by atomic mass is 15.4. The van der Waals surface area contributed by atoms with Crippen LogP contribution in [0.4, 0.5) is 17.8 Å². The molecule has 19 heavy (non-hydrogen) atoms. The van der Waals surface area contributed by atoms with Crippen molar-refractivity contribution in [1.29, 1.82) is 0 Å². The highest BCUT2D eigenvalue weighted by Crippen LogP contribution is 2.19. The van der Waals surface area contributed by atoms with Crippen LogP contribution in [0.1, 0.15) is 20.8 Å². The van der Waals surface area contributed by atoms with Gasteiger partial charge in [-0.25, -0.2) is 0 Å². The number of nitrogen functional groups attached to an aromatic ring is 1. The molecule has 0 atom stereocenters. The summed E-state index contributed by atoms with van der Waals surface area (Å²) in [5, 5.41) is 6.43. The van der Waals surface area contributed by atoms with Gasteiger partial charge in [-0.3, -0.25) is 0 Å². The number of likely N-dealkylation sites (N-methyl/N-ethyl adjacent to an activating group) is 1. The largest absolute Gasteiger partial charge is 0.368 e. The van der Waals surface area contributed by atoms with Crippen molar-refractivity contribution >= 4 is 17.8 Å². The molecule has 1 aromatic rings. The molecule has 0 radical (unpaired) electrons. The molecule has 0 bridgehead atoms. The highest BCUT2D eigenvalue weighted by Gasteiger charge is 2.28. The lowest BCUT2D eigenvalue weighted by Crippen LogP contribution is -2.57. The number of aromatic nitrogens is 3. The maximum atomic E-state index is 5.74. The Balaban J connectivity index is 2.03. The third-order valence-electron chi connectivity index (χ3n) is 2.99. The molecule has 1 saturated heterocycles. The lowest BCUT2D eigenvalue weighted by molar-refractivity contribution is 0.438. The topological polar surface area (TPSA) is 92.0 Å². The van der Waals surface area contributed by atoms with E-state index < -0.39 is 0 Å². The summed E-state index contributed by atoms with van der Waals surface area (Å²) in [6.45, 7) is 9.04. The average Bonchev–Trinajstić information content (AvgIpc) is 2.23. The third kappa shape index (κ3) is 3.66. The van der Waals surface area contributed by atoms with Crippen molar-refractivity contribution in [1.82, 2.24) is 20.3 Å². The normalized spacial score (nSPS) is 16.3. The van der Waals surface area contributed by atoms with Gasteiger partial charge >= 0.3 is 0 Å². The number of hydrogen-bond donors (Lipinski definition) is 3. The van der Waals surface area contributed by atoms with Crippen molar-refractivity contribution in [2.45, 2.75) is 26.8 Å². The summed E-state index contributed by atoms with van der Waals surface area (Å²) in [7, 11) is 1.96. The van der Waals surface area contributed by atoms with Gasteiger partial charge in [-0.15, -0.1) is 0 Å². The fourth-order valence-corrected chi connectivity index (χ4v) is 1.77. The summed E-state index contributed by atoms with van der Waals surface area (Å²) >= 11 is 0. The van der Waals surface area contributed by atoms with Gasteiger partial charge in [0.1, 0.15) is 0 Å². The van der Waals surface area contributed by atoms with Crippen molar-refractivity contribution in [2.24, 2.45) is 5.41 Å². The standard InChI is InChI=1S/C12H23N7/c1-12(2,3)7-15-10-16-9(13)17-11(18-10)19-5-8(6-19)14-4/h8,14H,5-7H2,1-4H3,(H3,13,15,16,17,18). The minimum absolute atomic E-state index is 0.162. The minimum Gasteiger partial charge on any atom is -0.368 e. The van der Waals surface area contributed by atoms with Crippen molar-refractivity contribution in [3.63, 3.8) is 0 Å². The zero-order valence-electron chi connectivity index (χ0n) is 12.1.